The van der Waals surface area contributed by atoms with Crippen LogP contribution in [0.1, 0.15) is 26.8 Å². The number of hydrogen-bond donors (Lipinski definition) is 3. The van der Waals surface area contributed by atoms with E-state index in [1.807, 2.05) is 13.8 Å². The molecule has 1 aromatic carbocycles. The molecule has 2 heterocycles. The number of anilines is 2. The molecule has 0 saturated carbocycles. The van der Waals surface area contributed by atoms with Crippen LogP contribution in [0.15, 0.2) is 30.6 Å². The predicted molar refractivity (Wildman–Crippen MR) is 135 cm³/mol. The lowest BCUT2D eigenvalue weighted by molar-refractivity contribution is 0.168. The van der Waals surface area contributed by atoms with Crippen molar-refractivity contribution in [3.63, 3.8) is 0 Å². The van der Waals surface area contributed by atoms with E-state index < -0.39 is 22.9 Å². The summed E-state index contributed by atoms with van der Waals surface area (Å²) < 4.78 is 35.9. The molecule has 1 amide bonds. The van der Waals surface area contributed by atoms with Crippen LogP contribution in [0.2, 0.25) is 5.02 Å². The number of rotatable bonds is 9. The van der Waals surface area contributed by atoms with Gasteiger partial charge < -0.3 is 20.1 Å². The average Bonchev–Trinajstić information content (AvgIpc) is 3.25. The Morgan fingerprint density at radius 1 is 1.29 bits per heavy atom. The van der Waals surface area contributed by atoms with Crippen LogP contribution in [0.25, 0.3) is 22.5 Å². The maximum absolute atomic E-state index is 15.4. The molecule has 35 heavy (non-hydrogen) atoms. The van der Waals surface area contributed by atoms with Crippen molar-refractivity contribution < 1.29 is 18.1 Å². The van der Waals surface area contributed by atoms with Crippen LogP contribution in [0.4, 0.5) is 20.8 Å². The van der Waals surface area contributed by atoms with E-state index >= 15 is 4.39 Å². The molecule has 2 aromatic heterocycles. The molecule has 0 aliphatic heterocycles. The summed E-state index contributed by atoms with van der Waals surface area (Å²) in [5.41, 5.74) is 1.55. The van der Waals surface area contributed by atoms with E-state index in [2.05, 4.69) is 35.2 Å². The Kier molecular flexibility index (Phi) is 8.62. The maximum Gasteiger partial charge on any atom is 0.407 e. The number of alkyl carbamates (subject to hydrolysis) is 1. The minimum absolute atomic E-state index is 0.00448. The van der Waals surface area contributed by atoms with Gasteiger partial charge in [-0.1, -0.05) is 11.6 Å². The van der Waals surface area contributed by atoms with Crippen molar-refractivity contribution in [2.75, 3.05) is 29.9 Å². The van der Waals surface area contributed by atoms with E-state index in [0.717, 1.165) is 0 Å². The Morgan fingerprint density at radius 2 is 2.03 bits per heavy atom. The van der Waals surface area contributed by atoms with Gasteiger partial charge >= 0.3 is 6.09 Å². The Hall–Kier alpha value is -3.25. The number of nitrogens with zero attached hydrogens (tertiary/aromatic N) is 4. The second kappa shape index (κ2) is 11.5. The first-order valence-electron chi connectivity index (χ1n) is 10.7. The normalized spacial score (nSPS) is 12.8. The lowest BCUT2D eigenvalue weighted by Crippen LogP contribution is -2.37. The fraction of sp³-hybridized carbons (Fsp3) is 0.364. The van der Waals surface area contributed by atoms with Gasteiger partial charge in [0.1, 0.15) is 16.7 Å². The van der Waals surface area contributed by atoms with E-state index in [-0.39, 0.29) is 28.4 Å². The van der Waals surface area contributed by atoms with E-state index in [4.69, 9.17) is 11.6 Å². The van der Waals surface area contributed by atoms with Crippen molar-refractivity contribution in [2.24, 2.45) is 0 Å². The second-order valence-electron chi connectivity index (χ2n) is 8.02. The van der Waals surface area contributed by atoms with Gasteiger partial charge in [0.05, 0.1) is 18.5 Å². The topological polar surface area (TPSA) is 123 Å². The number of ether oxygens (including phenoxy) is 1. The third kappa shape index (κ3) is 6.67. The summed E-state index contributed by atoms with van der Waals surface area (Å²) in [5.74, 6) is -0.311. The lowest BCUT2D eigenvalue weighted by atomic mass is 10.0. The van der Waals surface area contributed by atoms with Crippen LogP contribution in [0.5, 0.6) is 0 Å². The van der Waals surface area contributed by atoms with Crippen LogP contribution >= 0.6 is 11.6 Å². The molecule has 2 atom stereocenters. The first-order valence-corrected chi connectivity index (χ1v) is 12.6. The Labute approximate surface area is 210 Å². The minimum atomic E-state index is -1.49. The summed E-state index contributed by atoms with van der Waals surface area (Å²) in [5, 5.41) is 10.6. The van der Waals surface area contributed by atoms with E-state index in [9.17, 15) is 9.00 Å². The number of aromatic nitrogens is 4. The van der Waals surface area contributed by atoms with Crippen LogP contribution in [0.3, 0.4) is 0 Å². The summed E-state index contributed by atoms with van der Waals surface area (Å²) in [6.07, 6.45) is 4.21. The zero-order valence-corrected chi connectivity index (χ0v) is 21.5. The van der Waals surface area contributed by atoms with Crippen LogP contribution < -0.4 is 15.4 Å². The highest BCUT2D eigenvalue weighted by atomic mass is 35.5. The molecular weight excluding hydrogens is 497 g/mol. The molecule has 1 unspecified atom stereocenters. The number of carbonyl (C=O) groups excluding carboxylic acids is 1. The molecule has 13 heteroatoms. The van der Waals surface area contributed by atoms with Gasteiger partial charge in [-0.05, 0) is 39.0 Å². The number of halogens is 2. The first-order chi connectivity index (χ1) is 16.6. The summed E-state index contributed by atoms with van der Waals surface area (Å²) in [4.78, 5) is 20.2. The molecule has 10 nitrogen and oxygen atoms in total. The molecule has 0 bridgehead atoms. The third-order valence-electron chi connectivity index (χ3n) is 4.85. The van der Waals surface area contributed by atoms with Crippen molar-refractivity contribution in [1.29, 1.82) is 0 Å². The molecular formula is C22H27ClFN7O3S. The summed E-state index contributed by atoms with van der Waals surface area (Å²) in [6.45, 7) is 6.05. The SMILES string of the molecule is COC(=O)N[C@@H](C)CNc1nccc(-c2cn(C(C)C)nc2-c2cc(Cl)cc(NS(C)=O)c2F)n1. The van der Waals surface area contributed by atoms with Gasteiger partial charge in [0.25, 0.3) is 0 Å². The lowest BCUT2D eigenvalue weighted by Gasteiger charge is -2.14. The van der Waals surface area contributed by atoms with Crippen LogP contribution in [0, 0.1) is 5.82 Å². The molecule has 3 N–H and O–H groups in total. The van der Waals surface area contributed by atoms with Crippen molar-refractivity contribution in [1.82, 2.24) is 25.1 Å². The van der Waals surface area contributed by atoms with Crippen LogP contribution in [-0.4, -0.2) is 56.0 Å². The molecule has 3 rings (SSSR count). The highest BCUT2D eigenvalue weighted by molar-refractivity contribution is 7.85. The molecule has 3 aromatic rings. The monoisotopic (exact) mass is 523 g/mol. The van der Waals surface area contributed by atoms with Crippen molar-refractivity contribution in [3.8, 4) is 22.5 Å². The number of methoxy groups -OCH3 is 1. The summed E-state index contributed by atoms with van der Waals surface area (Å²) in [7, 11) is -0.202. The standard InChI is InChI=1S/C22H27ClFN7O3S/c1-12(2)31-11-16(17-6-7-25-21(28-17)26-10-13(3)27-22(32)34-4)20(29-31)15-8-14(23)9-18(19(15)24)30-35(5)33/h6-9,11-13,30H,10H2,1-5H3,(H,27,32)(H,25,26,28)/t13-,35?/m0/s1. The van der Waals surface area contributed by atoms with Gasteiger partial charge in [-0.15, -0.1) is 0 Å². The Bertz CT molecular complexity index is 1240. The fourth-order valence-electron chi connectivity index (χ4n) is 3.18. The molecule has 0 aliphatic rings. The summed E-state index contributed by atoms with van der Waals surface area (Å²) in [6, 6.07) is 4.28. The quantitative estimate of drug-likeness (QED) is 0.383. The van der Waals surface area contributed by atoms with Gasteiger partial charge in [0, 0.05) is 53.4 Å². The average molecular weight is 524 g/mol. The first kappa shape index (κ1) is 26.4. The second-order valence-corrected chi connectivity index (χ2v) is 9.57. The van der Waals surface area contributed by atoms with Gasteiger partial charge in [-0.3, -0.25) is 4.68 Å². The minimum Gasteiger partial charge on any atom is -0.453 e. The molecule has 0 spiro atoms. The molecule has 0 saturated heterocycles. The number of nitrogens with one attached hydrogen (secondary N) is 3. The number of carbonyl (C=O) groups is 1. The highest BCUT2D eigenvalue weighted by Gasteiger charge is 2.22. The molecule has 0 radical (unpaired) electrons. The van der Waals surface area contributed by atoms with Gasteiger partial charge in [0.2, 0.25) is 5.95 Å². The van der Waals surface area contributed by atoms with Crippen molar-refractivity contribution in [2.45, 2.75) is 32.9 Å². The summed E-state index contributed by atoms with van der Waals surface area (Å²) >= 11 is 6.25. The van der Waals surface area contributed by atoms with E-state index in [0.29, 0.717) is 29.4 Å². The largest absolute Gasteiger partial charge is 0.453 e. The van der Waals surface area contributed by atoms with Gasteiger partial charge in [-0.2, -0.15) is 5.10 Å². The Balaban J connectivity index is 2.01. The molecule has 188 valence electrons. The molecule has 0 aliphatic carbocycles. The third-order valence-corrected chi connectivity index (χ3v) is 5.58. The van der Waals surface area contributed by atoms with Gasteiger partial charge in [0.15, 0.2) is 5.82 Å². The number of benzene rings is 1. The van der Waals surface area contributed by atoms with E-state index in [1.54, 1.807) is 30.1 Å². The maximum atomic E-state index is 15.4. The predicted octanol–water partition coefficient (Wildman–Crippen LogP) is 4.24. The fourth-order valence-corrected chi connectivity index (χ4v) is 3.86. The zero-order valence-electron chi connectivity index (χ0n) is 19.9. The Morgan fingerprint density at radius 3 is 2.69 bits per heavy atom. The van der Waals surface area contributed by atoms with Gasteiger partial charge in [-0.25, -0.2) is 23.4 Å². The van der Waals surface area contributed by atoms with E-state index in [1.165, 1.54) is 25.5 Å². The number of hydrogen-bond acceptors (Lipinski definition) is 7. The molecule has 0 fully saturated rings. The highest BCUT2D eigenvalue weighted by Crippen LogP contribution is 2.37. The number of amides is 1. The van der Waals surface area contributed by atoms with Crippen LogP contribution in [-0.2, 0) is 15.7 Å². The van der Waals surface area contributed by atoms with Crippen molar-refractivity contribution in [3.05, 3.63) is 41.4 Å². The smallest absolute Gasteiger partial charge is 0.407 e. The zero-order chi connectivity index (χ0) is 25.7. The van der Waals surface area contributed by atoms with Crippen molar-refractivity contribution >= 4 is 40.3 Å².